The Morgan fingerprint density at radius 3 is 2.30 bits per heavy atom. The molecule has 1 aliphatic carbocycles. The van der Waals surface area contributed by atoms with Gasteiger partial charge in [0.15, 0.2) is 5.82 Å². The summed E-state index contributed by atoms with van der Waals surface area (Å²) in [6.07, 6.45) is -1.58. The number of hydrogen-bond acceptors (Lipinski definition) is 7. The SMILES string of the molecule is C[C@H]1NC(=O)C(C2CC2)N(C)C(=O)[C@H](C)[C@H](O)[C@H](Cc2c(F)nc(F)c(F)c2F)NC(=O)[C@H]1NC(=O)c1ccccc1O. The van der Waals surface area contributed by atoms with Gasteiger partial charge in [0.25, 0.3) is 11.9 Å². The minimum Gasteiger partial charge on any atom is -0.507 e. The van der Waals surface area contributed by atoms with E-state index in [0.29, 0.717) is 12.8 Å². The molecule has 1 aromatic heterocycles. The highest BCUT2D eigenvalue weighted by molar-refractivity contribution is 6.00. The number of para-hydroxylation sites is 1. The molecule has 1 aliphatic heterocycles. The number of nitrogens with one attached hydrogen (secondary N) is 3. The second-order valence-electron chi connectivity index (χ2n) is 10.9. The van der Waals surface area contributed by atoms with E-state index in [1.165, 1.54) is 45.2 Å². The van der Waals surface area contributed by atoms with Crippen LogP contribution < -0.4 is 16.0 Å². The molecule has 43 heavy (non-hydrogen) atoms. The molecule has 1 aromatic carbocycles. The number of hydrogen-bond donors (Lipinski definition) is 5. The number of pyridine rings is 1. The number of aromatic hydroxyl groups is 1. The van der Waals surface area contributed by atoms with Crippen LogP contribution in [0.1, 0.15) is 42.6 Å². The number of phenols is 1. The number of amides is 4. The summed E-state index contributed by atoms with van der Waals surface area (Å²) >= 11 is 0. The zero-order valence-electron chi connectivity index (χ0n) is 23.4. The molecule has 5 N–H and O–H groups in total. The molecule has 15 heteroatoms. The zero-order chi connectivity index (χ0) is 31.7. The summed E-state index contributed by atoms with van der Waals surface area (Å²) in [5.74, 6) is -13.1. The molecule has 1 saturated carbocycles. The number of aliphatic hydroxyl groups is 1. The summed E-state index contributed by atoms with van der Waals surface area (Å²) in [6, 6.07) is 0.0143. The van der Waals surface area contributed by atoms with Crippen molar-refractivity contribution in [1.29, 1.82) is 0 Å². The minimum atomic E-state index is -2.08. The molecule has 2 aliphatic rings. The molecule has 0 spiro atoms. The maximum Gasteiger partial charge on any atom is 0.255 e. The van der Waals surface area contributed by atoms with Gasteiger partial charge in [-0.05, 0) is 37.8 Å². The summed E-state index contributed by atoms with van der Waals surface area (Å²) in [4.78, 5) is 57.3. The second kappa shape index (κ2) is 12.5. The van der Waals surface area contributed by atoms with Gasteiger partial charge in [-0.15, -0.1) is 0 Å². The Morgan fingerprint density at radius 2 is 1.67 bits per heavy atom. The van der Waals surface area contributed by atoms with Crippen LogP contribution in [0.5, 0.6) is 5.75 Å². The zero-order valence-corrected chi connectivity index (χ0v) is 23.4. The molecule has 4 amide bonds. The Morgan fingerprint density at radius 1 is 1.02 bits per heavy atom. The summed E-state index contributed by atoms with van der Waals surface area (Å²) in [7, 11) is 1.36. The van der Waals surface area contributed by atoms with Gasteiger partial charge in [-0.3, -0.25) is 19.2 Å². The summed E-state index contributed by atoms with van der Waals surface area (Å²) in [5, 5.41) is 28.7. The topological polar surface area (TPSA) is 161 Å². The van der Waals surface area contributed by atoms with Crippen LogP contribution in [0.25, 0.3) is 0 Å². The number of likely N-dealkylation sites (N-methyl/N-ethyl adjacent to an activating group) is 1. The van der Waals surface area contributed by atoms with Gasteiger partial charge >= 0.3 is 0 Å². The molecular formula is C28H31F4N5O6. The average Bonchev–Trinajstić information content (AvgIpc) is 3.79. The van der Waals surface area contributed by atoms with Crippen LogP contribution in [0.2, 0.25) is 0 Å². The van der Waals surface area contributed by atoms with Crippen molar-refractivity contribution in [2.75, 3.05) is 7.05 Å². The molecule has 1 unspecified atom stereocenters. The molecule has 2 aromatic rings. The molecule has 0 radical (unpaired) electrons. The lowest BCUT2D eigenvalue weighted by Gasteiger charge is -2.37. The predicted octanol–water partition coefficient (Wildman–Crippen LogP) is 0.922. The van der Waals surface area contributed by atoms with E-state index in [1.807, 2.05) is 0 Å². The van der Waals surface area contributed by atoms with E-state index in [2.05, 4.69) is 20.9 Å². The Balaban J connectivity index is 1.76. The van der Waals surface area contributed by atoms with Gasteiger partial charge in [0.2, 0.25) is 29.5 Å². The predicted molar refractivity (Wildman–Crippen MR) is 141 cm³/mol. The van der Waals surface area contributed by atoms with Gasteiger partial charge in [0.1, 0.15) is 17.8 Å². The summed E-state index contributed by atoms with van der Waals surface area (Å²) in [6.45, 7) is 2.66. The highest BCUT2D eigenvalue weighted by Crippen LogP contribution is 2.36. The van der Waals surface area contributed by atoms with Crippen molar-refractivity contribution in [1.82, 2.24) is 25.8 Å². The van der Waals surface area contributed by atoms with Gasteiger partial charge in [-0.1, -0.05) is 19.1 Å². The van der Waals surface area contributed by atoms with Crippen LogP contribution >= 0.6 is 0 Å². The standard InChI is InChI=1S/C28H31F4N5O6/c1-11-22(39)16(10-15-18(29)19(30)24(32)36-23(15)31)34-26(41)20(35-25(40)14-6-4-5-7-17(14)38)12(2)33-27(42)21(13-8-9-13)37(3)28(11)43/h4-7,11-13,16,20-22,38-39H,8-10H2,1-3H3,(H,33,42)(H,34,41)(H,35,40)/t11-,12-,16+,20+,21?,22+/m1/s1. The van der Waals surface area contributed by atoms with E-state index in [-0.39, 0.29) is 11.5 Å². The molecule has 11 nitrogen and oxygen atoms in total. The lowest BCUT2D eigenvalue weighted by atomic mass is 9.90. The number of carbonyl (C=O) groups excluding carboxylic acids is 4. The quantitative estimate of drug-likeness (QED) is 0.249. The maximum atomic E-state index is 14.6. The van der Waals surface area contributed by atoms with Crippen LogP contribution in [0.3, 0.4) is 0 Å². The molecule has 2 heterocycles. The number of aromatic nitrogens is 1. The molecule has 0 bridgehead atoms. The van der Waals surface area contributed by atoms with Crippen LogP contribution in [0, 0.1) is 35.4 Å². The van der Waals surface area contributed by atoms with Gasteiger partial charge in [0.05, 0.1) is 29.7 Å². The van der Waals surface area contributed by atoms with Crippen molar-refractivity contribution in [2.24, 2.45) is 11.8 Å². The summed E-state index contributed by atoms with van der Waals surface area (Å²) in [5.41, 5.74) is -1.31. The average molecular weight is 610 g/mol. The molecule has 1 saturated heterocycles. The first kappa shape index (κ1) is 31.7. The smallest absolute Gasteiger partial charge is 0.255 e. The molecule has 4 rings (SSSR count). The van der Waals surface area contributed by atoms with Crippen LogP contribution in [-0.4, -0.2) is 81.0 Å². The van der Waals surface area contributed by atoms with E-state index < -0.39 is 101 Å². The number of aliphatic hydroxyl groups excluding tert-OH is 1. The van der Waals surface area contributed by atoms with Crippen LogP contribution in [-0.2, 0) is 20.8 Å². The van der Waals surface area contributed by atoms with Crippen molar-refractivity contribution < 1.29 is 47.0 Å². The van der Waals surface area contributed by atoms with Crippen molar-refractivity contribution in [3.63, 3.8) is 0 Å². The Hall–Kier alpha value is -4.27. The van der Waals surface area contributed by atoms with Crippen molar-refractivity contribution in [2.45, 2.75) is 63.4 Å². The fraction of sp³-hybridized carbons (Fsp3) is 0.464. The monoisotopic (exact) mass is 609 g/mol. The van der Waals surface area contributed by atoms with Crippen molar-refractivity contribution >= 4 is 23.6 Å². The van der Waals surface area contributed by atoms with E-state index in [1.54, 1.807) is 0 Å². The molecule has 6 atom stereocenters. The van der Waals surface area contributed by atoms with Gasteiger partial charge < -0.3 is 31.1 Å². The fourth-order valence-electron chi connectivity index (χ4n) is 5.21. The van der Waals surface area contributed by atoms with Crippen molar-refractivity contribution in [3.8, 4) is 5.75 Å². The van der Waals surface area contributed by atoms with Gasteiger partial charge in [-0.2, -0.15) is 18.2 Å². The van der Waals surface area contributed by atoms with E-state index in [9.17, 15) is 47.0 Å². The van der Waals surface area contributed by atoms with Crippen LogP contribution in [0.4, 0.5) is 17.6 Å². The minimum absolute atomic E-state index is 0.205. The number of benzene rings is 1. The Kier molecular flexibility index (Phi) is 9.23. The third-order valence-corrected chi connectivity index (χ3v) is 7.84. The van der Waals surface area contributed by atoms with E-state index >= 15 is 0 Å². The first-order valence-corrected chi connectivity index (χ1v) is 13.6. The third-order valence-electron chi connectivity index (χ3n) is 7.84. The summed E-state index contributed by atoms with van der Waals surface area (Å²) < 4.78 is 56.6. The second-order valence-corrected chi connectivity index (χ2v) is 10.9. The first-order valence-electron chi connectivity index (χ1n) is 13.6. The van der Waals surface area contributed by atoms with Crippen molar-refractivity contribution in [3.05, 3.63) is 58.9 Å². The third kappa shape index (κ3) is 6.55. The number of phenolic OH excluding ortho intramolecular Hbond substituents is 1. The molecule has 2 fully saturated rings. The number of carbonyl (C=O) groups is 4. The Bertz CT molecular complexity index is 1440. The lowest BCUT2D eigenvalue weighted by molar-refractivity contribution is -0.147. The van der Waals surface area contributed by atoms with Crippen LogP contribution in [0.15, 0.2) is 24.3 Å². The fourth-order valence-corrected chi connectivity index (χ4v) is 5.21. The number of rotatable bonds is 5. The number of halogens is 4. The van der Waals surface area contributed by atoms with Gasteiger partial charge in [0, 0.05) is 19.0 Å². The highest BCUT2D eigenvalue weighted by Gasteiger charge is 2.45. The molecule has 232 valence electrons. The number of nitrogens with zero attached hydrogens (tertiary/aromatic N) is 2. The lowest BCUT2D eigenvalue weighted by Crippen LogP contribution is -2.64. The van der Waals surface area contributed by atoms with E-state index in [4.69, 9.17) is 0 Å². The maximum absolute atomic E-state index is 14.6. The molecular weight excluding hydrogens is 578 g/mol. The van der Waals surface area contributed by atoms with E-state index in [0.717, 1.165) is 4.90 Å². The first-order chi connectivity index (χ1) is 20.2. The largest absolute Gasteiger partial charge is 0.507 e. The normalized spacial score (nSPS) is 27.1. The highest BCUT2D eigenvalue weighted by atomic mass is 19.2. The Labute approximate surface area is 243 Å². The van der Waals surface area contributed by atoms with Gasteiger partial charge in [-0.25, -0.2) is 4.39 Å².